The van der Waals surface area contributed by atoms with Gasteiger partial charge in [-0.25, -0.2) is 13.6 Å². The number of nitrogens with two attached hydrogens (primary N) is 1. The van der Waals surface area contributed by atoms with Gasteiger partial charge in [-0.3, -0.25) is 0 Å². The van der Waals surface area contributed by atoms with E-state index in [1.165, 1.54) is 0 Å². The summed E-state index contributed by atoms with van der Waals surface area (Å²) in [4.78, 5) is 0. The highest BCUT2D eigenvalue weighted by atomic mass is 35.5. The second-order valence-corrected chi connectivity index (χ2v) is 7.69. The molecule has 1 fully saturated rings. The van der Waals surface area contributed by atoms with E-state index in [1.807, 2.05) is 24.3 Å². The number of primary sulfonamides is 1. The van der Waals surface area contributed by atoms with E-state index in [1.54, 1.807) is 0 Å². The molecule has 1 aromatic rings. The van der Waals surface area contributed by atoms with Crippen LogP contribution in [0.25, 0.3) is 0 Å². The van der Waals surface area contributed by atoms with Gasteiger partial charge in [0.05, 0.1) is 19.0 Å². The summed E-state index contributed by atoms with van der Waals surface area (Å²) in [5.41, 5.74) is 0.674. The van der Waals surface area contributed by atoms with E-state index in [9.17, 15) is 8.42 Å². The molecule has 0 bridgehead atoms. The Morgan fingerprint density at radius 3 is 2.60 bits per heavy atom. The van der Waals surface area contributed by atoms with Crippen LogP contribution in [-0.4, -0.2) is 20.8 Å². The van der Waals surface area contributed by atoms with Gasteiger partial charge in [-0.1, -0.05) is 36.6 Å². The Labute approximate surface area is 125 Å². The maximum absolute atomic E-state index is 11.4. The number of ether oxygens (including phenoxy) is 1. The predicted molar refractivity (Wildman–Crippen MR) is 80.0 cm³/mol. The minimum absolute atomic E-state index is 0.00947. The number of benzene rings is 1. The summed E-state index contributed by atoms with van der Waals surface area (Å²) in [5.74, 6) is 0.00947. The van der Waals surface area contributed by atoms with Crippen LogP contribution in [0.3, 0.4) is 0 Å². The van der Waals surface area contributed by atoms with Crippen molar-refractivity contribution >= 4 is 21.6 Å². The normalized spacial score (nSPS) is 18.3. The molecule has 0 unspecified atom stereocenters. The first-order valence-electron chi connectivity index (χ1n) is 6.71. The largest absolute Gasteiger partial charge is 0.376 e. The van der Waals surface area contributed by atoms with Crippen molar-refractivity contribution in [3.05, 3.63) is 34.9 Å². The summed E-state index contributed by atoms with van der Waals surface area (Å²) >= 11 is 5.91. The van der Waals surface area contributed by atoms with E-state index < -0.39 is 10.0 Å². The zero-order chi connectivity index (χ0) is 14.6. The summed E-state index contributed by atoms with van der Waals surface area (Å²) in [6.07, 6.45) is 3.80. The lowest BCUT2D eigenvalue weighted by Gasteiger charge is -2.27. The fourth-order valence-corrected chi connectivity index (χ4v) is 4.33. The number of rotatable bonds is 6. The Morgan fingerprint density at radius 1 is 1.30 bits per heavy atom. The zero-order valence-corrected chi connectivity index (χ0v) is 12.9. The number of hydrogen-bond acceptors (Lipinski definition) is 3. The molecular weight excluding hydrogens is 298 g/mol. The van der Waals surface area contributed by atoms with Crippen LogP contribution in [0.4, 0.5) is 0 Å². The van der Waals surface area contributed by atoms with Crippen molar-refractivity contribution in [1.29, 1.82) is 0 Å². The van der Waals surface area contributed by atoms with E-state index in [2.05, 4.69) is 0 Å². The molecule has 2 rings (SSSR count). The minimum Gasteiger partial charge on any atom is -0.376 e. The van der Waals surface area contributed by atoms with Gasteiger partial charge in [-0.15, -0.1) is 0 Å². The highest BCUT2D eigenvalue weighted by Crippen LogP contribution is 2.39. The topological polar surface area (TPSA) is 69.4 Å². The molecule has 1 saturated carbocycles. The molecule has 2 N–H and O–H groups in total. The Balaban J connectivity index is 1.93. The lowest BCUT2D eigenvalue weighted by molar-refractivity contribution is 0.0472. The summed E-state index contributed by atoms with van der Waals surface area (Å²) < 4.78 is 28.5. The highest BCUT2D eigenvalue weighted by molar-refractivity contribution is 7.89. The maximum atomic E-state index is 11.4. The van der Waals surface area contributed by atoms with Gasteiger partial charge in [0.15, 0.2) is 0 Å². The Morgan fingerprint density at radius 2 is 2.00 bits per heavy atom. The molecule has 0 amide bonds. The Hall–Kier alpha value is -0.620. The highest BCUT2D eigenvalue weighted by Gasteiger charge is 2.37. The second kappa shape index (κ2) is 6.43. The fourth-order valence-electron chi connectivity index (χ4n) is 2.89. The lowest BCUT2D eigenvalue weighted by atomic mass is 9.90. The van der Waals surface area contributed by atoms with Crippen LogP contribution < -0.4 is 5.14 Å². The number of halogens is 1. The third-order valence-electron chi connectivity index (χ3n) is 3.74. The van der Waals surface area contributed by atoms with Gasteiger partial charge in [0.1, 0.15) is 0 Å². The number of sulfonamides is 1. The molecule has 0 aromatic heterocycles. The van der Waals surface area contributed by atoms with Crippen LogP contribution in [0, 0.1) is 5.41 Å². The molecule has 0 spiro atoms. The van der Waals surface area contributed by atoms with Crippen LogP contribution in [-0.2, 0) is 21.4 Å². The van der Waals surface area contributed by atoms with E-state index in [0.29, 0.717) is 18.2 Å². The maximum Gasteiger partial charge on any atom is 0.209 e. The molecule has 0 aliphatic heterocycles. The average molecular weight is 318 g/mol. The molecule has 0 saturated heterocycles. The van der Waals surface area contributed by atoms with E-state index in [0.717, 1.165) is 31.2 Å². The summed E-state index contributed by atoms with van der Waals surface area (Å²) in [5, 5.41) is 5.87. The summed E-state index contributed by atoms with van der Waals surface area (Å²) in [6, 6.07) is 7.47. The van der Waals surface area contributed by atoms with Crippen LogP contribution >= 0.6 is 11.6 Å². The fraction of sp³-hybridized carbons (Fsp3) is 0.571. The Bertz CT molecular complexity index is 553. The molecule has 6 heteroatoms. The minimum atomic E-state index is -3.47. The van der Waals surface area contributed by atoms with Crippen molar-refractivity contribution in [3.8, 4) is 0 Å². The van der Waals surface area contributed by atoms with Gasteiger partial charge in [-0.2, -0.15) is 0 Å². The SMILES string of the molecule is NS(=O)(=O)CC1(COCc2cccc(Cl)c2)CCCC1. The smallest absolute Gasteiger partial charge is 0.209 e. The molecular formula is C14H20ClNO3S. The molecule has 0 radical (unpaired) electrons. The van der Waals surface area contributed by atoms with Crippen molar-refractivity contribution in [2.24, 2.45) is 10.6 Å². The first-order valence-corrected chi connectivity index (χ1v) is 8.81. The van der Waals surface area contributed by atoms with Crippen molar-refractivity contribution < 1.29 is 13.2 Å². The van der Waals surface area contributed by atoms with Crippen LogP contribution in [0.2, 0.25) is 5.02 Å². The predicted octanol–water partition coefficient (Wildman–Crippen LogP) is 2.71. The molecule has 1 aromatic carbocycles. The first kappa shape index (κ1) is 15.8. The third-order valence-corrected chi connectivity index (χ3v) is 4.99. The molecule has 0 atom stereocenters. The van der Waals surface area contributed by atoms with E-state index >= 15 is 0 Å². The number of hydrogen-bond donors (Lipinski definition) is 1. The third kappa shape index (κ3) is 4.74. The van der Waals surface area contributed by atoms with Crippen LogP contribution in [0.1, 0.15) is 31.2 Å². The van der Waals surface area contributed by atoms with Gasteiger partial charge in [0.2, 0.25) is 10.0 Å². The lowest BCUT2D eigenvalue weighted by Crippen LogP contribution is -2.35. The van der Waals surface area contributed by atoms with Gasteiger partial charge >= 0.3 is 0 Å². The molecule has 1 aliphatic carbocycles. The van der Waals surface area contributed by atoms with Gasteiger partial charge in [0.25, 0.3) is 0 Å². The van der Waals surface area contributed by atoms with Crippen LogP contribution in [0.5, 0.6) is 0 Å². The van der Waals surface area contributed by atoms with Crippen molar-refractivity contribution in [3.63, 3.8) is 0 Å². The van der Waals surface area contributed by atoms with Crippen molar-refractivity contribution in [1.82, 2.24) is 0 Å². The molecule has 20 heavy (non-hydrogen) atoms. The first-order chi connectivity index (χ1) is 9.39. The zero-order valence-electron chi connectivity index (χ0n) is 11.3. The monoisotopic (exact) mass is 317 g/mol. The van der Waals surface area contributed by atoms with Gasteiger partial charge in [0, 0.05) is 10.4 Å². The van der Waals surface area contributed by atoms with Crippen molar-refractivity contribution in [2.75, 3.05) is 12.4 Å². The second-order valence-electron chi connectivity index (χ2n) is 5.64. The molecule has 1 aliphatic rings. The van der Waals surface area contributed by atoms with Crippen LogP contribution in [0.15, 0.2) is 24.3 Å². The molecule has 0 heterocycles. The Kier molecular flexibility index (Phi) is 5.07. The van der Waals surface area contributed by atoms with E-state index in [4.69, 9.17) is 21.5 Å². The standard InChI is InChI=1S/C14H20ClNO3S/c15-13-5-3-4-12(8-13)9-19-10-14(6-1-2-7-14)11-20(16,17)18/h3-5,8H,1-2,6-7,9-11H2,(H2,16,17,18). The van der Waals surface area contributed by atoms with Crippen molar-refractivity contribution in [2.45, 2.75) is 32.3 Å². The van der Waals surface area contributed by atoms with Gasteiger partial charge < -0.3 is 4.74 Å². The summed E-state index contributed by atoms with van der Waals surface area (Å²) in [7, 11) is -3.47. The average Bonchev–Trinajstić information content (AvgIpc) is 2.75. The summed E-state index contributed by atoms with van der Waals surface area (Å²) in [6.45, 7) is 0.864. The van der Waals surface area contributed by atoms with E-state index in [-0.39, 0.29) is 11.2 Å². The van der Waals surface area contributed by atoms with Gasteiger partial charge in [-0.05, 0) is 30.5 Å². The molecule has 112 valence electrons. The quantitative estimate of drug-likeness (QED) is 0.877. The molecule has 4 nitrogen and oxygen atoms in total.